The van der Waals surface area contributed by atoms with Crippen LogP contribution in [0.5, 0.6) is 5.75 Å². The summed E-state index contributed by atoms with van der Waals surface area (Å²) in [5.74, 6) is 2.56. The van der Waals surface area contributed by atoms with Crippen LogP contribution in [0.4, 0.5) is 0 Å². The second kappa shape index (κ2) is 7.97. The highest BCUT2D eigenvalue weighted by Gasteiger charge is 2.26. The van der Waals surface area contributed by atoms with Crippen molar-refractivity contribution in [2.24, 2.45) is 0 Å². The lowest BCUT2D eigenvalue weighted by molar-refractivity contribution is 0.240. The highest BCUT2D eigenvalue weighted by Crippen LogP contribution is 2.27. The van der Waals surface area contributed by atoms with Crippen LogP contribution in [0.15, 0.2) is 59.0 Å². The van der Waals surface area contributed by atoms with Crippen LogP contribution in [0.1, 0.15) is 29.9 Å². The Morgan fingerprint density at radius 1 is 1.15 bits per heavy atom. The van der Waals surface area contributed by atoms with E-state index in [-0.39, 0.29) is 0 Å². The number of aromatic nitrogens is 1. The topological polar surface area (TPSA) is 38.5 Å². The van der Waals surface area contributed by atoms with Crippen LogP contribution in [0.3, 0.4) is 0 Å². The van der Waals surface area contributed by atoms with E-state index < -0.39 is 0 Å². The Hall–Kier alpha value is -2.59. The van der Waals surface area contributed by atoms with E-state index in [2.05, 4.69) is 23.1 Å². The van der Waals surface area contributed by atoms with Crippen LogP contribution in [0, 0.1) is 6.92 Å². The molecular formula is C23H26N2O2. The van der Waals surface area contributed by atoms with Crippen LogP contribution in [0.2, 0.25) is 0 Å². The van der Waals surface area contributed by atoms with Gasteiger partial charge in [-0.3, -0.25) is 4.90 Å². The van der Waals surface area contributed by atoms with Crippen molar-refractivity contribution >= 4 is 0 Å². The average Bonchev–Trinajstić information content (AvgIpc) is 3.29. The molecule has 0 unspecified atom stereocenters. The van der Waals surface area contributed by atoms with Gasteiger partial charge in [0.05, 0.1) is 12.8 Å². The van der Waals surface area contributed by atoms with Crippen molar-refractivity contribution in [2.45, 2.75) is 38.8 Å². The van der Waals surface area contributed by atoms with Crippen LogP contribution < -0.4 is 4.74 Å². The molecule has 27 heavy (non-hydrogen) atoms. The van der Waals surface area contributed by atoms with Crippen molar-refractivity contribution in [2.75, 3.05) is 13.7 Å². The van der Waals surface area contributed by atoms with Gasteiger partial charge in [-0.25, -0.2) is 4.98 Å². The summed E-state index contributed by atoms with van der Waals surface area (Å²) >= 11 is 0. The third-order valence-corrected chi connectivity index (χ3v) is 5.37. The lowest BCUT2D eigenvalue weighted by atomic mass is 10.0. The zero-order valence-electron chi connectivity index (χ0n) is 16.0. The molecule has 4 heteroatoms. The third-order valence-electron chi connectivity index (χ3n) is 5.37. The van der Waals surface area contributed by atoms with Gasteiger partial charge < -0.3 is 9.15 Å². The SMILES string of the molecule is COc1cccc(C[C@@H]2CCCN2Cc2nc(-c3ccccc3)oc2C)c1. The largest absolute Gasteiger partial charge is 0.497 e. The summed E-state index contributed by atoms with van der Waals surface area (Å²) in [6, 6.07) is 19.0. The van der Waals surface area contributed by atoms with E-state index >= 15 is 0 Å². The van der Waals surface area contributed by atoms with Crippen LogP contribution in [0.25, 0.3) is 11.5 Å². The summed E-state index contributed by atoms with van der Waals surface area (Å²) < 4.78 is 11.3. The predicted octanol–water partition coefficient (Wildman–Crippen LogP) is 4.87. The highest BCUT2D eigenvalue weighted by molar-refractivity contribution is 5.53. The summed E-state index contributed by atoms with van der Waals surface area (Å²) in [5, 5.41) is 0. The molecule has 0 bridgehead atoms. The Morgan fingerprint density at radius 3 is 2.81 bits per heavy atom. The van der Waals surface area contributed by atoms with Gasteiger partial charge in [0.15, 0.2) is 0 Å². The molecule has 0 saturated carbocycles. The van der Waals surface area contributed by atoms with Gasteiger partial charge in [-0.05, 0) is 62.6 Å². The number of rotatable bonds is 6. The third kappa shape index (κ3) is 4.06. The van der Waals surface area contributed by atoms with E-state index in [1.165, 1.54) is 18.4 Å². The molecule has 3 aromatic rings. The second-order valence-electron chi connectivity index (χ2n) is 7.21. The molecule has 0 N–H and O–H groups in total. The predicted molar refractivity (Wildman–Crippen MR) is 107 cm³/mol. The molecule has 0 spiro atoms. The fourth-order valence-corrected chi connectivity index (χ4v) is 3.88. The van der Waals surface area contributed by atoms with E-state index in [1.807, 2.05) is 43.3 Å². The summed E-state index contributed by atoms with van der Waals surface area (Å²) in [6.45, 7) is 3.97. The summed E-state index contributed by atoms with van der Waals surface area (Å²) in [5.41, 5.74) is 3.40. The van der Waals surface area contributed by atoms with Gasteiger partial charge in [0.2, 0.25) is 5.89 Å². The minimum Gasteiger partial charge on any atom is -0.497 e. The number of nitrogens with zero attached hydrogens (tertiary/aromatic N) is 2. The van der Waals surface area contributed by atoms with Crippen molar-refractivity contribution in [3.8, 4) is 17.2 Å². The van der Waals surface area contributed by atoms with Crippen LogP contribution in [-0.2, 0) is 13.0 Å². The minimum atomic E-state index is 0.536. The number of methoxy groups -OCH3 is 1. The number of hydrogen-bond acceptors (Lipinski definition) is 4. The quantitative estimate of drug-likeness (QED) is 0.627. The minimum absolute atomic E-state index is 0.536. The number of benzene rings is 2. The van der Waals surface area contributed by atoms with Crippen molar-refractivity contribution in [3.63, 3.8) is 0 Å². The maximum absolute atomic E-state index is 5.94. The Morgan fingerprint density at radius 2 is 2.00 bits per heavy atom. The van der Waals surface area contributed by atoms with Crippen molar-refractivity contribution in [1.29, 1.82) is 0 Å². The van der Waals surface area contributed by atoms with E-state index in [0.29, 0.717) is 11.9 Å². The fourth-order valence-electron chi connectivity index (χ4n) is 3.88. The molecule has 140 valence electrons. The molecule has 1 aliphatic heterocycles. The van der Waals surface area contributed by atoms with Crippen molar-refractivity contribution in [1.82, 2.24) is 9.88 Å². The van der Waals surface area contributed by atoms with Gasteiger partial charge in [0.1, 0.15) is 11.5 Å². The normalized spacial score (nSPS) is 17.3. The standard InChI is InChI=1S/C23H26N2O2/c1-17-22(24-23(27-17)19-9-4-3-5-10-19)16-25-13-7-11-20(25)14-18-8-6-12-21(15-18)26-2/h3-6,8-10,12,15,20H,7,11,13-14,16H2,1-2H3/t20-/m0/s1. The molecule has 0 amide bonds. The van der Waals surface area contributed by atoms with Gasteiger partial charge in [-0.15, -0.1) is 0 Å². The molecule has 1 aliphatic rings. The van der Waals surface area contributed by atoms with E-state index in [9.17, 15) is 0 Å². The molecule has 2 aromatic carbocycles. The molecule has 4 nitrogen and oxygen atoms in total. The molecule has 1 atom stereocenters. The summed E-state index contributed by atoms with van der Waals surface area (Å²) in [6.07, 6.45) is 3.50. The van der Waals surface area contributed by atoms with Crippen molar-refractivity contribution in [3.05, 3.63) is 71.6 Å². The first kappa shape index (κ1) is 17.8. The number of aryl methyl sites for hydroxylation is 1. The van der Waals surface area contributed by atoms with Crippen LogP contribution >= 0.6 is 0 Å². The highest BCUT2D eigenvalue weighted by atomic mass is 16.5. The first-order chi connectivity index (χ1) is 13.2. The number of oxazole rings is 1. The van der Waals surface area contributed by atoms with E-state index in [0.717, 1.165) is 42.3 Å². The number of likely N-dealkylation sites (tertiary alicyclic amines) is 1. The lowest BCUT2D eigenvalue weighted by Crippen LogP contribution is -2.31. The Labute approximate surface area is 160 Å². The second-order valence-corrected chi connectivity index (χ2v) is 7.21. The fraction of sp³-hybridized carbons (Fsp3) is 0.348. The zero-order valence-corrected chi connectivity index (χ0v) is 16.0. The van der Waals surface area contributed by atoms with E-state index in [4.69, 9.17) is 14.1 Å². The molecular weight excluding hydrogens is 336 g/mol. The van der Waals surface area contributed by atoms with E-state index in [1.54, 1.807) is 7.11 Å². The van der Waals surface area contributed by atoms with Gasteiger partial charge in [0, 0.05) is 18.2 Å². The van der Waals surface area contributed by atoms with Gasteiger partial charge >= 0.3 is 0 Å². The number of hydrogen-bond donors (Lipinski definition) is 0. The van der Waals surface area contributed by atoms with Crippen LogP contribution in [-0.4, -0.2) is 29.6 Å². The summed E-state index contributed by atoms with van der Waals surface area (Å²) in [7, 11) is 1.72. The monoisotopic (exact) mass is 362 g/mol. The zero-order chi connectivity index (χ0) is 18.6. The molecule has 1 fully saturated rings. The molecule has 0 aliphatic carbocycles. The lowest BCUT2D eigenvalue weighted by Gasteiger charge is -2.24. The first-order valence-corrected chi connectivity index (χ1v) is 9.61. The van der Waals surface area contributed by atoms with Gasteiger partial charge in [-0.1, -0.05) is 30.3 Å². The smallest absolute Gasteiger partial charge is 0.226 e. The molecule has 0 radical (unpaired) electrons. The van der Waals surface area contributed by atoms with Gasteiger partial charge in [-0.2, -0.15) is 0 Å². The average molecular weight is 362 g/mol. The summed E-state index contributed by atoms with van der Waals surface area (Å²) in [4.78, 5) is 7.32. The first-order valence-electron chi connectivity index (χ1n) is 9.61. The Bertz CT molecular complexity index is 888. The Balaban J connectivity index is 1.48. The Kier molecular flexibility index (Phi) is 5.26. The molecule has 1 saturated heterocycles. The number of ether oxygens (including phenoxy) is 1. The van der Waals surface area contributed by atoms with Gasteiger partial charge in [0.25, 0.3) is 0 Å². The maximum Gasteiger partial charge on any atom is 0.226 e. The molecule has 4 rings (SSSR count). The molecule has 1 aromatic heterocycles. The molecule has 2 heterocycles. The maximum atomic E-state index is 5.94. The van der Waals surface area contributed by atoms with Crippen molar-refractivity contribution < 1.29 is 9.15 Å².